The van der Waals surface area contributed by atoms with Crippen molar-refractivity contribution in [1.82, 2.24) is 9.88 Å². The zero-order valence-corrected chi connectivity index (χ0v) is 19.0. The maximum absolute atomic E-state index is 13.4. The van der Waals surface area contributed by atoms with Crippen molar-refractivity contribution in [2.45, 2.75) is 26.1 Å². The molecular weight excluding hydrogens is 461 g/mol. The summed E-state index contributed by atoms with van der Waals surface area (Å²) >= 11 is 1.36. The third-order valence-electron chi connectivity index (χ3n) is 5.41. The molecule has 2 aromatic carbocycles. The monoisotopic (exact) mass is 482 g/mol. The van der Waals surface area contributed by atoms with Crippen LogP contribution in [-0.2, 0) is 19.1 Å². The van der Waals surface area contributed by atoms with Crippen molar-refractivity contribution < 1.29 is 22.8 Å². The van der Waals surface area contributed by atoms with Gasteiger partial charge in [0.1, 0.15) is 0 Å². The second-order valence-corrected chi connectivity index (χ2v) is 8.56. The number of hydrogen-bond acceptors (Lipinski definition) is 3. The van der Waals surface area contributed by atoms with Gasteiger partial charge in [0.25, 0.3) is 5.91 Å². The summed E-state index contributed by atoms with van der Waals surface area (Å²) in [6.07, 6.45) is -2.10. The molecule has 4 aromatic rings. The molecule has 4 nitrogen and oxygen atoms in total. The minimum absolute atomic E-state index is 0.0735. The molecule has 0 radical (unpaired) electrons. The van der Waals surface area contributed by atoms with Crippen LogP contribution in [0.1, 0.15) is 49.3 Å². The van der Waals surface area contributed by atoms with Crippen molar-refractivity contribution in [3.63, 3.8) is 0 Å². The van der Waals surface area contributed by atoms with Crippen molar-refractivity contribution in [3.8, 4) is 5.69 Å². The van der Waals surface area contributed by atoms with Gasteiger partial charge in [-0.15, -0.1) is 11.3 Å². The molecule has 0 unspecified atom stereocenters. The second-order valence-electron chi connectivity index (χ2n) is 7.65. The molecule has 34 heavy (non-hydrogen) atoms. The summed E-state index contributed by atoms with van der Waals surface area (Å²) in [4.78, 5) is 26.3. The highest BCUT2D eigenvalue weighted by atomic mass is 32.1. The Hall–Kier alpha value is -3.65. The maximum Gasteiger partial charge on any atom is 0.416 e. The molecule has 0 aliphatic carbocycles. The average molecular weight is 483 g/mol. The quantitative estimate of drug-likeness (QED) is 0.315. The van der Waals surface area contributed by atoms with Gasteiger partial charge in [0.05, 0.1) is 22.7 Å². The van der Waals surface area contributed by atoms with Gasteiger partial charge in [0, 0.05) is 23.0 Å². The van der Waals surface area contributed by atoms with Crippen LogP contribution in [0.4, 0.5) is 13.2 Å². The minimum atomic E-state index is -4.59. The minimum Gasteiger partial charge on any atom is -0.346 e. The lowest BCUT2D eigenvalue weighted by Gasteiger charge is -2.16. The highest BCUT2D eigenvalue weighted by Crippen LogP contribution is 2.32. The number of aryl methyl sites for hydroxylation is 1. The Kier molecular flexibility index (Phi) is 6.70. The van der Waals surface area contributed by atoms with Gasteiger partial charge in [-0.2, -0.15) is 13.2 Å². The number of thiophene rings is 1. The number of aromatic nitrogens is 1. The topological polar surface area (TPSA) is 51.1 Å². The molecule has 0 aliphatic rings. The highest BCUT2D eigenvalue weighted by Gasteiger charge is 2.32. The summed E-state index contributed by atoms with van der Waals surface area (Å²) in [6.45, 7) is 2.15. The van der Waals surface area contributed by atoms with E-state index < -0.39 is 17.5 Å². The smallest absolute Gasteiger partial charge is 0.346 e. The normalized spacial score (nSPS) is 11.4. The number of halogens is 3. The van der Waals surface area contributed by atoms with Crippen LogP contribution in [0.15, 0.2) is 78.3 Å². The fourth-order valence-electron chi connectivity index (χ4n) is 3.58. The lowest BCUT2D eigenvalue weighted by molar-refractivity contribution is -0.137. The fraction of sp³-hybridized carbons (Fsp3) is 0.154. The van der Waals surface area contributed by atoms with Crippen molar-refractivity contribution in [2.24, 2.45) is 0 Å². The maximum atomic E-state index is 13.4. The van der Waals surface area contributed by atoms with Gasteiger partial charge in [0.15, 0.2) is 5.78 Å². The van der Waals surface area contributed by atoms with Crippen LogP contribution in [0, 0.1) is 0 Å². The molecule has 0 bridgehead atoms. The Balaban J connectivity index is 1.67. The van der Waals surface area contributed by atoms with E-state index in [2.05, 4.69) is 5.32 Å². The number of nitrogens with one attached hydrogen (secondary N) is 1. The molecule has 0 saturated heterocycles. The molecule has 2 aromatic heterocycles. The molecule has 0 fully saturated rings. The van der Waals surface area contributed by atoms with E-state index >= 15 is 0 Å². The van der Waals surface area contributed by atoms with E-state index in [0.29, 0.717) is 16.3 Å². The number of amides is 1. The average Bonchev–Trinajstić information content (AvgIpc) is 3.51. The van der Waals surface area contributed by atoms with Crippen molar-refractivity contribution in [1.29, 1.82) is 0 Å². The first-order chi connectivity index (χ1) is 16.3. The SMILES string of the molecule is CCc1csc(C(=O)NCc2cccn2-c2ccc(C(F)(F)F)cc2C(=O)c2ccccc2)c1. The molecule has 0 saturated carbocycles. The first kappa shape index (κ1) is 23.5. The Bertz CT molecular complexity index is 1320. The molecule has 1 amide bonds. The van der Waals surface area contributed by atoms with Crippen LogP contribution < -0.4 is 5.32 Å². The van der Waals surface area contributed by atoms with E-state index in [1.165, 1.54) is 17.4 Å². The number of alkyl halides is 3. The standard InChI is InChI=1S/C26H21F3N2O2S/c1-2-17-13-23(34-16-17)25(33)30-15-20-9-6-12-31(20)22-11-10-19(26(27,28)29)14-21(22)24(32)18-7-4-3-5-8-18/h3-14,16H,2,15H2,1H3,(H,30,33). The number of hydrogen-bond donors (Lipinski definition) is 1. The number of rotatable bonds is 7. The number of carbonyl (C=O) groups is 2. The highest BCUT2D eigenvalue weighted by molar-refractivity contribution is 7.12. The predicted octanol–water partition coefficient (Wildman–Crippen LogP) is 6.28. The van der Waals surface area contributed by atoms with E-state index in [-0.39, 0.29) is 23.6 Å². The van der Waals surface area contributed by atoms with Crippen molar-refractivity contribution in [2.75, 3.05) is 0 Å². The Morgan fingerprint density at radius 2 is 1.76 bits per heavy atom. The number of nitrogens with zero attached hydrogens (tertiary/aromatic N) is 1. The van der Waals surface area contributed by atoms with Gasteiger partial charge in [-0.05, 0) is 53.8 Å². The largest absolute Gasteiger partial charge is 0.416 e. The van der Waals surface area contributed by atoms with Crippen LogP contribution in [0.5, 0.6) is 0 Å². The van der Waals surface area contributed by atoms with Gasteiger partial charge >= 0.3 is 6.18 Å². The van der Waals surface area contributed by atoms with Crippen LogP contribution in [-0.4, -0.2) is 16.3 Å². The van der Waals surface area contributed by atoms with Gasteiger partial charge in [-0.25, -0.2) is 0 Å². The van der Waals surface area contributed by atoms with Crippen LogP contribution in [0.3, 0.4) is 0 Å². The number of ketones is 1. The summed E-state index contributed by atoms with van der Waals surface area (Å²) in [5, 5.41) is 4.78. The van der Waals surface area contributed by atoms with Crippen molar-refractivity contribution >= 4 is 23.0 Å². The van der Waals surface area contributed by atoms with E-state index in [1.807, 2.05) is 18.4 Å². The first-order valence-electron chi connectivity index (χ1n) is 10.6. The summed E-state index contributed by atoms with van der Waals surface area (Å²) in [5.74, 6) is -0.749. The summed E-state index contributed by atoms with van der Waals surface area (Å²) in [5.41, 5.74) is 1.32. The van der Waals surface area contributed by atoms with Crippen LogP contribution in [0.2, 0.25) is 0 Å². The van der Waals surface area contributed by atoms with Gasteiger partial charge in [-0.1, -0.05) is 37.3 Å². The first-order valence-corrected chi connectivity index (χ1v) is 11.5. The molecule has 8 heteroatoms. The second kappa shape index (κ2) is 9.69. The fourth-order valence-corrected chi connectivity index (χ4v) is 4.49. The predicted molar refractivity (Wildman–Crippen MR) is 126 cm³/mol. The molecule has 0 atom stereocenters. The molecule has 174 valence electrons. The summed E-state index contributed by atoms with van der Waals surface area (Å²) in [7, 11) is 0. The van der Waals surface area contributed by atoms with Crippen molar-refractivity contribution in [3.05, 3.63) is 111 Å². The van der Waals surface area contributed by atoms with E-state index in [1.54, 1.807) is 53.2 Å². The Labute approximate surface area is 198 Å². The van der Waals surface area contributed by atoms with Gasteiger partial charge in [-0.3, -0.25) is 9.59 Å². The molecule has 1 N–H and O–H groups in total. The van der Waals surface area contributed by atoms with Crippen LogP contribution >= 0.6 is 11.3 Å². The zero-order chi connectivity index (χ0) is 24.3. The summed E-state index contributed by atoms with van der Waals surface area (Å²) in [6, 6.07) is 16.6. The van der Waals surface area contributed by atoms with Crippen LogP contribution in [0.25, 0.3) is 5.69 Å². The van der Waals surface area contributed by atoms with E-state index in [0.717, 1.165) is 24.1 Å². The zero-order valence-electron chi connectivity index (χ0n) is 18.2. The van der Waals surface area contributed by atoms with Gasteiger partial charge in [0.2, 0.25) is 0 Å². The number of benzene rings is 2. The lowest BCUT2D eigenvalue weighted by atomic mass is 9.99. The number of carbonyl (C=O) groups excluding carboxylic acids is 2. The third-order valence-corrected chi connectivity index (χ3v) is 6.39. The molecular formula is C26H21F3N2O2S. The van der Waals surface area contributed by atoms with Gasteiger partial charge < -0.3 is 9.88 Å². The summed E-state index contributed by atoms with van der Waals surface area (Å²) < 4.78 is 41.9. The van der Waals surface area contributed by atoms with E-state index in [9.17, 15) is 22.8 Å². The van der Waals surface area contributed by atoms with E-state index in [4.69, 9.17) is 0 Å². The Morgan fingerprint density at radius 3 is 2.44 bits per heavy atom. The molecule has 4 rings (SSSR count). The molecule has 0 spiro atoms. The Morgan fingerprint density at radius 1 is 1.00 bits per heavy atom. The molecule has 2 heterocycles. The lowest BCUT2D eigenvalue weighted by Crippen LogP contribution is -2.23. The third kappa shape index (κ3) is 4.97. The molecule has 0 aliphatic heterocycles.